The van der Waals surface area contributed by atoms with Crippen molar-refractivity contribution < 1.29 is 4.52 Å². The Morgan fingerprint density at radius 3 is 2.93 bits per heavy atom. The van der Waals surface area contributed by atoms with Gasteiger partial charge in [-0.05, 0) is 18.8 Å². The van der Waals surface area contributed by atoms with Gasteiger partial charge in [-0.3, -0.25) is 0 Å². The van der Waals surface area contributed by atoms with E-state index >= 15 is 0 Å². The van der Waals surface area contributed by atoms with Gasteiger partial charge < -0.3 is 9.84 Å². The van der Waals surface area contributed by atoms with Gasteiger partial charge in [0.2, 0.25) is 0 Å². The fraction of sp³-hybridized carbons (Fsp3) is 0.800. The van der Waals surface area contributed by atoms with Crippen molar-refractivity contribution in [2.24, 2.45) is 5.92 Å². The van der Waals surface area contributed by atoms with E-state index < -0.39 is 0 Å². The molecule has 1 aliphatic rings. The van der Waals surface area contributed by atoms with Gasteiger partial charge in [-0.15, -0.1) is 0 Å². The van der Waals surface area contributed by atoms with Crippen LogP contribution in [0.15, 0.2) is 4.52 Å². The Kier molecular flexibility index (Phi) is 2.70. The summed E-state index contributed by atoms with van der Waals surface area (Å²) in [6, 6.07) is 0.526. The molecule has 0 aromatic carbocycles. The Morgan fingerprint density at radius 1 is 1.43 bits per heavy atom. The first kappa shape index (κ1) is 9.49. The number of nitrogens with one attached hydrogen (secondary N) is 1. The van der Waals surface area contributed by atoms with Crippen LogP contribution < -0.4 is 5.32 Å². The second kappa shape index (κ2) is 3.98. The van der Waals surface area contributed by atoms with E-state index in [2.05, 4.69) is 22.4 Å². The van der Waals surface area contributed by atoms with Gasteiger partial charge in [0.25, 0.3) is 0 Å². The van der Waals surface area contributed by atoms with Crippen molar-refractivity contribution in [2.45, 2.75) is 38.5 Å². The van der Waals surface area contributed by atoms with Crippen molar-refractivity contribution in [2.75, 3.05) is 12.4 Å². The minimum absolute atomic E-state index is 0.504. The van der Waals surface area contributed by atoms with E-state index in [9.17, 15) is 0 Å². The van der Waals surface area contributed by atoms with Gasteiger partial charge in [0.1, 0.15) is 0 Å². The number of hydrogen-bond acceptors (Lipinski definition) is 4. The van der Waals surface area contributed by atoms with Crippen molar-refractivity contribution in [1.29, 1.82) is 0 Å². The molecule has 0 radical (unpaired) electrons. The fourth-order valence-corrected chi connectivity index (χ4v) is 2.17. The molecule has 0 amide bonds. The maximum Gasteiger partial charge on any atom is 0.321 e. The molecular weight excluding hydrogens is 178 g/mol. The molecule has 2 atom stereocenters. The monoisotopic (exact) mass is 195 g/mol. The van der Waals surface area contributed by atoms with Gasteiger partial charge in [0.05, 0.1) is 0 Å². The maximum atomic E-state index is 5.03. The molecule has 4 nitrogen and oxygen atoms in total. The van der Waals surface area contributed by atoms with Crippen LogP contribution in [0, 0.1) is 5.92 Å². The number of rotatable bonds is 2. The molecule has 0 spiro atoms. The highest BCUT2D eigenvalue weighted by molar-refractivity contribution is 5.17. The molecule has 2 unspecified atom stereocenters. The van der Waals surface area contributed by atoms with Crippen LogP contribution in [0.3, 0.4) is 0 Å². The van der Waals surface area contributed by atoms with Crippen LogP contribution in [0.4, 0.5) is 6.01 Å². The summed E-state index contributed by atoms with van der Waals surface area (Å²) >= 11 is 0. The van der Waals surface area contributed by atoms with Crippen LogP contribution in [0.5, 0.6) is 0 Å². The number of anilines is 1. The van der Waals surface area contributed by atoms with Crippen LogP contribution in [-0.2, 0) is 0 Å². The molecule has 1 aromatic rings. The Balaban J connectivity index is 2.06. The van der Waals surface area contributed by atoms with Crippen LogP contribution >= 0.6 is 0 Å². The molecule has 1 N–H and O–H groups in total. The molecule has 1 saturated carbocycles. The van der Waals surface area contributed by atoms with E-state index in [0.29, 0.717) is 11.9 Å². The summed E-state index contributed by atoms with van der Waals surface area (Å²) in [7, 11) is 1.79. The Bertz CT molecular complexity index is 297. The summed E-state index contributed by atoms with van der Waals surface area (Å²) < 4.78 is 5.03. The molecule has 1 heterocycles. The van der Waals surface area contributed by atoms with Crippen molar-refractivity contribution in [3.63, 3.8) is 0 Å². The molecule has 2 rings (SSSR count). The largest absolute Gasteiger partial charge is 0.341 e. The fourth-order valence-electron chi connectivity index (χ4n) is 2.17. The normalized spacial score (nSPS) is 27.6. The lowest BCUT2D eigenvalue weighted by Gasteiger charge is -2.23. The second-order valence-corrected chi connectivity index (χ2v) is 4.18. The highest BCUT2D eigenvalue weighted by Crippen LogP contribution is 2.34. The third-order valence-corrected chi connectivity index (χ3v) is 2.96. The van der Waals surface area contributed by atoms with E-state index in [1.165, 1.54) is 25.7 Å². The van der Waals surface area contributed by atoms with E-state index in [-0.39, 0.29) is 0 Å². The Morgan fingerprint density at radius 2 is 2.29 bits per heavy atom. The molecule has 78 valence electrons. The lowest BCUT2D eigenvalue weighted by molar-refractivity contribution is 0.324. The van der Waals surface area contributed by atoms with E-state index in [4.69, 9.17) is 4.52 Å². The van der Waals surface area contributed by atoms with Crippen molar-refractivity contribution in [3.05, 3.63) is 5.82 Å². The van der Waals surface area contributed by atoms with E-state index in [0.717, 1.165) is 11.7 Å². The molecule has 0 saturated heterocycles. The predicted molar refractivity (Wildman–Crippen MR) is 54.2 cm³/mol. The SMILES string of the molecule is CNc1nc(C2CCCC(C)C2)no1. The smallest absolute Gasteiger partial charge is 0.321 e. The molecule has 4 heteroatoms. The number of aromatic nitrogens is 2. The molecular formula is C10H17N3O. The molecule has 1 aromatic heterocycles. The first-order valence-corrected chi connectivity index (χ1v) is 5.31. The average Bonchev–Trinajstić information content (AvgIpc) is 2.66. The first-order valence-electron chi connectivity index (χ1n) is 5.31. The van der Waals surface area contributed by atoms with Gasteiger partial charge in [-0.1, -0.05) is 24.9 Å². The average molecular weight is 195 g/mol. The van der Waals surface area contributed by atoms with Gasteiger partial charge in [0.15, 0.2) is 5.82 Å². The highest BCUT2D eigenvalue weighted by Gasteiger charge is 2.24. The zero-order chi connectivity index (χ0) is 9.97. The van der Waals surface area contributed by atoms with Crippen LogP contribution in [0.1, 0.15) is 44.3 Å². The summed E-state index contributed by atoms with van der Waals surface area (Å²) in [5.74, 6) is 2.18. The lowest BCUT2D eigenvalue weighted by atomic mass is 9.82. The van der Waals surface area contributed by atoms with Crippen molar-refractivity contribution in [3.8, 4) is 0 Å². The Labute approximate surface area is 84.1 Å². The molecule has 1 aliphatic carbocycles. The molecule has 0 aliphatic heterocycles. The predicted octanol–water partition coefficient (Wildman–Crippen LogP) is 2.41. The van der Waals surface area contributed by atoms with Gasteiger partial charge >= 0.3 is 6.01 Å². The van der Waals surface area contributed by atoms with E-state index in [1.54, 1.807) is 7.05 Å². The summed E-state index contributed by atoms with van der Waals surface area (Å²) in [6.07, 6.45) is 5.03. The van der Waals surface area contributed by atoms with Crippen LogP contribution in [-0.4, -0.2) is 17.2 Å². The van der Waals surface area contributed by atoms with Gasteiger partial charge in [0, 0.05) is 13.0 Å². The van der Waals surface area contributed by atoms with Crippen molar-refractivity contribution in [1.82, 2.24) is 10.1 Å². The molecule has 14 heavy (non-hydrogen) atoms. The summed E-state index contributed by atoms with van der Waals surface area (Å²) in [4.78, 5) is 4.30. The Hall–Kier alpha value is -1.06. The zero-order valence-corrected chi connectivity index (χ0v) is 8.79. The summed E-state index contributed by atoms with van der Waals surface area (Å²) in [5, 5.41) is 6.85. The summed E-state index contributed by atoms with van der Waals surface area (Å²) in [6.45, 7) is 2.30. The third-order valence-electron chi connectivity index (χ3n) is 2.96. The third kappa shape index (κ3) is 1.89. The zero-order valence-electron chi connectivity index (χ0n) is 8.79. The second-order valence-electron chi connectivity index (χ2n) is 4.18. The minimum Gasteiger partial charge on any atom is -0.341 e. The van der Waals surface area contributed by atoms with Gasteiger partial charge in [-0.2, -0.15) is 4.98 Å². The molecule has 0 bridgehead atoms. The number of nitrogens with zero attached hydrogens (tertiary/aromatic N) is 2. The number of hydrogen-bond donors (Lipinski definition) is 1. The van der Waals surface area contributed by atoms with Gasteiger partial charge in [-0.25, -0.2) is 0 Å². The topological polar surface area (TPSA) is 51.0 Å². The minimum atomic E-state index is 0.504. The standard InChI is InChI=1S/C10H17N3O/c1-7-4-3-5-8(6-7)9-12-10(11-2)14-13-9/h7-8H,3-6H2,1-2H3,(H,11,12,13). The van der Waals surface area contributed by atoms with Crippen LogP contribution in [0.25, 0.3) is 0 Å². The van der Waals surface area contributed by atoms with Crippen molar-refractivity contribution >= 4 is 6.01 Å². The quantitative estimate of drug-likeness (QED) is 0.787. The summed E-state index contributed by atoms with van der Waals surface area (Å²) in [5.41, 5.74) is 0. The maximum absolute atomic E-state index is 5.03. The molecule has 1 fully saturated rings. The lowest BCUT2D eigenvalue weighted by Crippen LogP contribution is -2.12. The highest BCUT2D eigenvalue weighted by atomic mass is 16.5. The van der Waals surface area contributed by atoms with Crippen LogP contribution in [0.2, 0.25) is 0 Å². The first-order chi connectivity index (χ1) is 6.79. The van der Waals surface area contributed by atoms with E-state index in [1.807, 2.05) is 0 Å².